The molecule has 1 fully saturated rings. The number of hydrogen-bond acceptors (Lipinski definition) is 3. The van der Waals surface area contributed by atoms with Crippen molar-refractivity contribution in [2.45, 2.75) is 25.0 Å². The SMILES string of the molecule is O=C([C@@H](O)C1CC1)N1CC(c2cc(F)ccc2F)=C[C@H]1c1ccccc1O. The van der Waals surface area contributed by atoms with E-state index in [1.54, 1.807) is 24.3 Å². The summed E-state index contributed by atoms with van der Waals surface area (Å²) in [7, 11) is 0. The average molecular weight is 371 g/mol. The third-order valence-electron chi connectivity index (χ3n) is 5.17. The Kier molecular flexibility index (Phi) is 4.44. The Bertz CT molecular complexity index is 923. The van der Waals surface area contributed by atoms with Crippen molar-refractivity contribution < 1.29 is 23.8 Å². The van der Waals surface area contributed by atoms with Gasteiger partial charge in [0.15, 0.2) is 0 Å². The van der Waals surface area contributed by atoms with Gasteiger partial charge in [-0.2, -0.15) is 0 Å². The van der Waals surface area contributed by atoms with Crippen LogP contribution in [0.25, 0.3) is 5.57 Å². The maximum Gasteiger partial charge on any atom is 0.252 e. The fourth-order valence-corrected chi connectivity index (χ4v) is 3.53. The summed E-state index contributed by atoms with van der Waals surface area (Å²) in [6.45, 7) is 0.0297. The summed E-state index contributed by atoms with van der Waals surface area (Å²) in [5, 5.41) is 20.5. The number of nitrogens with zero attached hydrogens (tertiary/aromatic N) is 1. The molecular formula is C21H19F2NO3. The minimum atomic E-state index is -1.12. The normalized spacial score (nSPS) is 20.5. The van der Waals surface area contributed by atoms with E-state index in [9.17, 15) is 23.8 Å². The Labute approximate surface area is 155 Å². The first-order valence-corrected chi connectivity index (χ1v) is 8.88. The third kappa shape index (κ3) is 3.32. The number of amides is 1. The van der Waals surface area contributed by atoms with Crippen LogP contribution in [0.1, 0.15) is 30.0 Å². The summed E-state index contributed by atoms with van der Waals surface area (Å²) in [4.78, 5) is 14.3. The van der Waals surface area contributed by atoms with Crippen LogP contribution < -0.4 is 0 Å². The number of carbonyl (C=O) groups is 1. The van der Waals surface area contributed by atoms with Crippen molar-refractivity contribution in [3.63, 3.8) is 0 Å². The smallest absolute Gasteiger partial charge is 0.252 e. The quantitative estimate of drug-likeness (QED) is 0.866. The van der Waals surface area contributed by atoms with Gasteiger partial charge in [-0.05, 0) is 48.6 Å². The Balaban J connectivity index is 1.74. The van der Waals surface area contributed by atoms with Crippen LogP contribution in [0.3, 0.4) is 0 Å². The molecule has 0 unspecified atom stereocenters. The number of hydrogen-bond donors (Lipinski definition) is 2. The van der Waals surface area contributed by atoms with Gasteiger partial charge in [-0.15, -0.1) is 0 Å². The molecule has 0 saturated heterocycles. The average Bonchev–Trinajstić information content (AvgIpc) is 3.42. The Morgan fingerprint density at radius 1 is 1.15 bits per heavy atom. The molecule has 0 radical (unpaired) electrons. The van der Waals surface area contributed by atoms with Gasteiger partial charge in [0.2, 0.25) is 0 Å². The van der Waals surface area contributed by atoms with E-state index in [4.69, 9.17) is 0 Å². The van der Waals surface area contributed by atoms with Crippen molar-refractivity contribution in [3.05, 3.63) is 71.3 Å². The molecule has 1 aliphatic carbocycles. The van der Waals surface area contributed by atoms with Crippen LogP contribution >= 0.6 is 0 Å². The van der Waals surface area contributed by atoms with Crippen LogP contribution in [0.15, 0.2) is 48.5 Å². The molecule has 4 rings (SSSR count). The number of aliphatic hydroxyl groups excluding tert-OH is 1. The summed E-state index contributed by atoms with van der Waals surface area (Å²) in [5.74, 6) is -1.69. The highest BCUT2D eigenvalue weighted by molar-refractivity contribution is 5.86. The van der Waals surface area contributed by atoms with Crippen molar-refractivity contribution in [1.29, 1.82) is 0 Å². The maximum absolute atomic E-state index is 14.2. The van der Waals surface area contributed by atoms with Gasteiger partial charge in [-0.1, -0.05) is 24.3 Å². The highest BCUT2D eigenvalue weighted by atomic mass is 19.1. The lowest BCUT2D eigenvalue weighted by atomic mass is 10.0. The fraction of sp³-hybridized carbons (Fsp3) is 0.286. The summed E-state index contributed by atoms with van der Waals surface area (Å²) in [5.41, 5.74) is 0.990. The topological polar surface area (TPSA) is 60.8 Å². The number of phenolic OH excluding ortho intramolecular Hbond substituents is 1. The first-order chi connectivity index (χ1) is 13.0. The molecular weight excluding hydrogens is 352 g/mol. The number of para-hydroxylation sites is 1. The first-order valence-electron chi connectivity index (χ1n) is 8.88. The molecule has 140 valence electrons. The zero-order valence-corrected chi connectivity index (χ0v) is 14.5. The molecule has 2 N–H and O–H groups in total. The first kappa shape index (κ1) is 17.7. The molecule has 1 saturated carbocycles. The molecule has 2 aromatic rings. The zero-order chi connectivity index (χ0) is 19.1. The molecule has 0 spiro atoms. The molecule has 1 aliphatic heterocycles. The van der Waals surface area contributed by atoms with Crippen molar-refractivity contribution >= 4 is 11.5 Å². The lowest BCUT2D eigenvalue weighted by molar-refractivity contribution is -0.141. The van der Waals surface area contributed by atoms with Gasteiger partial charge >= 0.3 is 0 Å². The molecule has 1 amide bonds. The van der Waals surface area contributed by atoms with Crippen LogP contribution in [-0.4, -0.2) is 33.7 Å². The predicted octanol–water partition coefficient (Wildman–Crippen LogP) is 3.41. The number of rotatable bonds is 4. The summed E-state index contributed by atoms with van der Waals surface area (Å²) < 4.78 is 27.9. The molecule has 4 nitrogen and oxygen atoms in total. The Morgan fingerprint density at radius 2 is 1.89 bits per heavy atom. The van der Waals surface area contributed by atoms with Gasteiger partial charge in [0.05, 0.1) is 6.04 Å². The van der Waals surface area contributed by atoms with Crippen molar-refractivity contribution in [3.8, 4) is 5.75 Å². The van der Waals surface area contributed by atoms with Gasteiger partial charge in [0.1, 0.15) is 23.5 Å². The van der Waals surface area contributed by atoms with Crippen molar-refractivity contribution in [1.82, 2.24) is 4.90 Å². The monoisotopic (exact) mass is 371 g/mol. The predicted molar refractivity (Wildman–Crippen MR) is 95.6 cm³/mol. The largest absolute Gasteiger partial charge is 0.508 e. The molecule has 2 aliphatic rings. The van der Waals surface area contributed by atoms with Crippen LogP contribution in [0, 0.1) is 17.6 Å². The third-order valence-corrected chi connectivity index (χ3v) is 5.17. The molecule has 27 heavy (non-hydrogen) atoms. The molecule has 6 heteroatoms. The van der Waals surface area contributed by atoms with Crippen LogP contribution in [0.4, 0.5) is 8.78 Å². The van der Waals surface area contributed by atoms with Gasteiger partial charge in [0, 0.05) is 17.7 Å². The van der Waals surface area contributed by atoms with E-state index in [-0.39, 0.29) is 23.8 Å². The van der Waals surface area contributed by atoms with Gasteiger partial charge in [-0.25, -0.2) is 8.78 Å². The fourth-order valence-electron chi connectivity index (χ4n) is 3.53. The van der Waals surface area contributed by atoms with Gasteiger partial charge < -0.3 is 15.1 Å². The van der Waals surface area contributed by atoms with Crippen LogP contribution in [-0.2, 0) is 4.79 Å². The number of halogens is 2. The number of aromatic hydroxyl groups is 1. The van der Waals surface area contributed by atoms with E-state index in [0.717, 1.165) is 31.0 Å². The van der Waals surface area contributed by atoms with E-state index in [2.05, 4.69) is 0 Å². The molecule has 2 aromatic carbocycles. The Hall–Kier alpha value is -2.73. The number of carbonyl (C=O) groups excluding carboxylic acids is 1. The van der Waals surface area contributed by atoms with Crippen molar-refractivity contribution in [2.75, 3.05) is 6.54 Å². The van der Waals surface area contributed by atoms with E-state index in [1.165, 1.54) is 11.0 Å². The lowest BCUT2D eigenvalue weighted by Gasteiger charge is -2.27. The molecule has 0 bridgehead atoms. The molecule has 0 aromatic heterocycles. The summed E-state index contributed by atoms with van der Waals surface area (Å²) >= 11 is 0. The van der Waals surface area contributed by atoms with Crippen molar-refractivity contribution in [2.24, 2.45) is 5.92 Å². The number of benzene rings is 2. The van der Waals surface area contributed by atoms with E-state index < -0.39 is 29.7 Å². The minimum Gasteiger partial charge on any atom is -0.508 e. The zero-order valence-electron chi connectivity index (χ0n) is 14.5. The van der Waals surface area contributed by atoms with E-state index in [0.29, 0.717) is 11.1 Å². The second-order valence-corrected chi connectivity index (χ2v) is 7.07. The van der Waals surface area contributed by atoms with Crippen LogP contribution in [0.5, 0.6) is 5.75 Å². The highest BCUT2D eigenvalue weighted by Gasteiger charge is 2.41. The number of aliphatic hydroxyl groups is 1. The summed E-state index contributed by atoms with van der Waals surface area (Å²) in [6, 6.07) is 9.08. The van der Waals surface area contributed by atoms with E-state index in [1.807, 2.05) is 0 Å². The van der Waals surface area contributed by atoms with Crippen LogP contribution in [0.2, 0.25) is 0 Å². The molecule has 2 atom stereocenters. The highest BCUT2D eigenvalue weighted by Crippen LogP contribution is 2.41. The second kappa shape index (κ2) is 6.78. The maximum atomic E-state index is 14.2. The Morgan fingerprint density at radius 3 is 2.59 bits per heavy atom. The van der Waals surface area contributed by atoms with Gasteiger partial charge in [0.25, 0.3) is 5.91 Å². The second-order valence-electron chi connectivity index (χ2n) is 7.07. The lowest BCUT2D eigenvalue weighted by Crippen LogP contribution is -2.40. The van der Waals surface area contributed by atoms with Gasteiger partial charge in [-0.3, -0.25) is 4.79 Å². The number of phenols is 1. The molecule has 1 heterocycles. The minimum absolute atomic E-state index is 0.00146. The standard InChI is InChI=1S/C21H19F2NO3/c22-14-7-8-17(23)16(10-14)13-9-18(15-3-1-2-4-19(15)25)24(11-13)21(27)20(26)12-5-6-12/h1-4,7-10,12,18,20,25-26H,5-6,11H2/t18-,20-/m0/s1. The van der Waals surface area contributed by atoms with E-state index >= 15 is 0 Å². The summed E-state index contributed by atoms with van der Waals surface area (Å²) in [6.07, 6.45) is 2.11.